The Labute approximate surface area is 126 Å². The molecule has 1 fully saturated rings. The maximum Gasteiger partial charge on any atom is 0.138 e. The lowest BCUT2D eigenvalue weighted by atomic mass is 10.1. The summed E-state index contributed by atoms with van der Waals surface area (Å²) in [5.74, 6) is 6.71. The summed E-state index contributed by atoms with van der Waals surface area (Å²) in [6.07, 6.45) is 3.58. The molecule has 0 spiro atoms. The molecule has 120 valence electrons. The fraction of sp³-hybridized carbons (Fsp3) is 0.857. The first-order valence-electron chi connectivity index (χ1n) is 7.84. The number of hydrogen-bond donors (Lipinski definition) is 2. The first-order chi connectivity index (χ1) is 10.2. The summed E-state index contributed by atoms with van der Waals surface area (Å²) in [6, 6.07) is 0.344. The van der Waals surface area contributed by atoms with Crippen LogP contribution in [-0.4, -0.2) is 58.1 Å². The largest absolute Gasteiger partial charge is 0.374 e. The second-order valence-electron chi connectivity index (χ2n) is 5.90. The zero-order valence-corrected chi connectivity index (χ0v) is 13.3. The number of nitrogens with one attached hydrogen (secondary N) is 1. The number of ether oxygens (including phenoxy) is 1. The molecule has 2 heterocycles. The molecule has 0 bridgehead atoms. The Morgan fingerprint density at radius 3 is 3.00 bits per heavy atom. The minimum absolute atomic E-state index is 0.0476. The second kappa shape index (κ2) is 7.84. The third kappa shape index (κ3) is 4.23. The highest BCUT2D eigenvalue weighted by Gasteiger charge is 2.28. The molecule has 21 heavy (non-hydrogen) atoms. The van der Waals surface area contributed by atoms with Gasteiger partial charge in [-0.3, -0.25) is 16.2 Å². The minimum atomic E-state index is 0.0476. The van der Waals surface area contributed by atoms with Crippen molar-refractivity contribution in [3.63, 3.8) is 0 Å². The molecule has 2 rings (SSSR count). The van der Waals surface area contributed by atoms with Gasteiger partial charge >= 0.3 is 0 Å². The smallest absolute Gasteiger partial charge is 0.138 e. The Balaban J connectivity index is 2.00. The molecule has 0 aromatic carbocycles. The molecule has 7 heteroatoms. The molecule has 0 radical (unpaired) electrons. The standard InChI is InChI=1S/C14H28N6O/c1-4-5-19-6-7-21-13(9-19)12(18-15)8-14-16-10-17-20(14)11(2)3/h10-13,18H,4-9,15H2,1-3H3. The van der Waals surface area contributed by atoms with Crippen molar-refractivity contribution in [1.82, 2.24) is 25.1 Å². The molecule has 0 amide bonds. The van der Waals surface area contributed by atoms with Crippen LogP contribution in [0.5, 0.6) is 0 Å². The number of rotatable bonds is 7. The van der Waals surface area contributed by atoms with Gasteiger partial charge in [0.05, 0.1) is 18.8 Å². The van der Waals surface area contributed by atoms with Gasteiger partial charge in [0.1, 0.15) is 12.2 Å². The fourth-order valence-electron chi connectivity index (χ4n) is 2.84. The average molecular weight is 296 g/mol. The van der Waals surface area contributed by atoms with E-state index in [1.807, 2.05) is 4.68 Å². The topological polar surface area (TPSA) is 81.2 Å². The number of hydrogen-bond acceptors (Lipinski definition) is 6. The van der Waals surface area contributed by atoms with E-state index in [-0.39, 0.29) is 12.1 Å². The predicted molar refractivity (Wildman–Crippen MR) is 81.7 cm³/mol. The van der Waals surface area contributed by atoms with E-state index >= 15 is 0 Å². The van der Waals surface area contributed by atoms with Crippen molar-refractivity contribution in [2.75, 3.05) is 26.2 Å². The molecule has 1 aliphatic heterocycles. The van der Waals surface area contributed by atoms with Gasteiger partial charge in [0, 0.05) is 25.6 Å². The van der Waals surface area contributed by atoms with Gasteiger partial charge in [-0.25, -0.2) is 9.67 Å². The SMILES string of the molecule is CCCN1CCOC(C(Cc2ncnn2C(C)C)NN)C1. The van der Waals surface area contributed by atoms with Crippen molar-refractivity contribution in [1.29, 1.82) is 0 Å². The first kappa shape index (κ1) is 16.4. The molecule has 2 unspecified atom stereocenters. The van der Waals surface area contributed by atoms with Gasteiger partial charge < -0.3 is 4.74 Å². The van der Waals surface area contributed by atoms with Crippen LogP contribution in [0, 0.1) is 0 Å². The molecule has 7 nitrogen and oxygen atoms in total. The van der Waals surface area contributed by atoms with E-state index in [1.54, 1.807) is 6.33 Å². The summed E-state index contributed by atoms with van der Waals surface area (Å²) in [4.78, 5) is 6.80. The Kier molecular flexibility index (Phi) is 6.10. The molecule has 3 N–H and O–H groups in total. The van der Waals surface area contributed by atoms with E-state index in [0.717, 1.165) is 44.9 Å². The van der Waals surface area contributed by atoms with Crippen LogP contribution in [0.15, 0.2) is 6.33 Å². The summed E-state index contributed by atoms with van der Waals surface area (Å²) in [6.45, 7) is 10.2. The highest BCUT2D eigenvalue weighted by molar-refractivity contribution is 4.95. The molecular formula is C14H28N6O. The van der Waals surface area contributed by atoms with E-state index in [1.165, 1.54) is 0 Å². The summed E-state index contributed by atoms with van der Waals surface area (Å²) < 4.78 is 7.86. The Hall–Kier alpha value is -1.02. The van der Waals surface area contributed by atoms with Gasteiger partial charge in [0.15, 0.2) is 0 Å². The Morgan fingerprint density at radius 1 is 1.52 bits per heavy atom. The van der Waals surface area contributed by atoms with Crippen LogP contribution in [0.1, 0.15) is 39.1 Å². The summed E-state index contributed by atoms with van der Waals surface area (Å²) in [5.41, 5.74) is 2.91. The molecule has 2 atom stereocenters. The van der Waals surface area contributed by atoms with E-state index in [9.17, 15) is 0 Å². The van der Waals surface area contributed by atoms with Gasteiger partial charge in [-0.2, -0.15) is 5.10 Å². The van der Waals surface area contributed by atoms with Crippen molar-refractivity contribution in [2.24, 2.45) is 5.84 Å². The quantitative estimate of drug-likeness (QED) is 0.558. The molecule has 0 aliphatic carbocycles. The molecule has 1 saturated heterocycles. The lowest BCUT2D eigenvalue weighted by Crippen LogP contribution is -2.55. The summed E-state index contributed by atoms with van der Waals surface area (Å²) in [5, 5.41) is 4.28. The van der Waals surface area contributed by atoms with Crippen molar-refractivity contribution >= 4 is 0 Å². The van der Waals surface area contributed by atoms with Crippen LogP contribution in [-0.2, 0) is 11.2 Å². The van der Waals surface area contributed by atoms with E-state index in [2.05, 4.69) is 41.2 Å². The average Bonchev–Trinajstić information content (AvgIpc) is 2.94. The van der Waals surface area contributed by atoms with Crippen LogP contribution in [0.2, 0.25) is 0 Å². The van der Waals surface area contributed by atoms with Crippen molar-refractivity contribution in [3.05, 3.63) is 12.2 Å². The third-order valence-electron chi connectivity index (χ3n) is 3.92. The number of aromatic nitrogens is 3. The van der Waals surface area contributed by atoms with Gasteiger partial charge in [-0.1, -0.05) is 6.92 Å². The molecule has 0 saturated carbocycles. The van der Waals surface area contributed by atoms with Crippen LogP contribution in [0.3, 0.4) is 0 Å². The van der Waals surface area contributed by atoms with Gasteiger partial charge in [-0.05, 0) is 26.8 Å². The highest BCUT2D eigenvalue weighted by Crippen LogP contribution is 2.14. The lowest BCUT2D eigenvalue weighted by Gasteiger charge is -2.36. The lowest BCUT2D eigenvalue weighted by molar-refractivity contribution is -0.0466. The van der Waals surface area contributed by atoms with Crippen molar-refractivity contribution in [3.8, 4) is 0 Å². The molecule has 1 aliphatic rings. The van der Waals surface area contributed by atoms with Crippen LogP contribution in [0.4, 0.5) is 0 Å². The first-order valence-corrected chi connectivity index (χ1v) is 7.84. The second-order valence-corrected chi connectivity index (χ2v) is 5.90. The van der Waals surface area contributed by atoms with E-state index < -0.39 is 0 Å². The van der Waals surface area contributed by atoms with E-state index in [4.69, 9.17) is 10.6 Å². The Bertz CT molecular complexity index is 419. The normalized spacial score (nSPS) is 21.9. The van der Waals surface area contributed by atoms with Crippen LogP contribution >= 0.6 is 0 Å². The maximum absolute atomic E-state index is 5.92. The predicted octanol–water partition coefficient (Wildman–Crippen LogP) is 0.344. The maximum atomic E-state index is 5.92. The number of nitrogens with two attached hydrogens (primary N) is 1. The molecular weight excluding hydrogens is 268 g/mol. The number of nitrogens with zero attached hydrogens (tertiary/aromatic N) is 4. The number of hydrazine groups is 1. The highest BCUT2D eigenvalue weighted by atomic mass is 16.5. The number of morpholine rings is 1. The summed E-state index contributed by atoms with van der Waals surface area (Å²) in [7, 11) is 0. The Morgan fingerprint density at radius 2 is 2.33 bits per heavy atom. The minimum Gasteiger partial charge on any atom is -0.374 e. The van der Waals surface area contributed by atoms with Gasteiger partial charge in [0.25, 0.3) is 0 Å². The van der Waals surface area contributed by atoms with Crippen molar-refractivity contribution in [2.45, 2.75) is 51.8 Å². The van der Waals surface area contributed by atoms with Crippen LogP contribution in [0.25, 0.3) is 0 Å². The molecule has 1 aromatic rings. The van der Waals surface area contributed by atoms with Crippen LogP contribution < -0.4 is 11.3 Å². The monoisotopic (exact) mass is 296 g/mol. The van der Waals surface area contributed by atoms with Gasteiger partial charge in [-0.15, -0.1) is 0 Å². The third-order valence-corrected chi connectivity index (χ3v) is 3.92. The molecule has 1 aromatic heterocycles. The van der Waals surface area contributed by atoms with Gasteiger partial charge in [0.2, 0.25) is 0 Å². The zero-order valence-electron chi connectivity index (χ0n) is 13.3. The summed E-state index contributed by atoms with van der Waals surface area (Å²) >= 11 is 0. The van der Waals surface area contributed by atoms with E-state index in [0.29, 0.717) is 6.04 Å². The van der Waals surface area contributed by atoms with Crippen molar-refractivity contribution < 1.29 is 4.74 Å². The zero-order chi connectivity index (χ0) is 15.2. The fourth-order valence-corrected chi connectivity index (χ4v) is 2.84.